The standard InChI is InChI=1S/C18H20N2O5S/c1-20(2)26(22,23)15-6-3-13(4-7-15)12-19-18(21)14-5-8-16-17(11-14)25-10-9-24-16/h3-8,11H,9-10,12H2,1-2H3,(H,19,21). The molecule has 0 unspecified atom stereocenters. The average molecular weight is 376 g/mol. The summed E-state index contributed by atoms with van der Waals surface area (Å²) in [5.41, 5.74) is 1.27. The molecule has 138 valence electrons. The molecule has 1 amide bonds. The van der Waals surface area contributed by atoms with Gasteiger partial charge in [0.1, 0.15) is 13.2 Å². The van der Waals surface area contributed by atoms with Crippen LogP contribution in [0.15, 0.2) is 47.4 Å². The number of hydrogen-bond donors (Lipinski definition) is 1. The molecule has 0 saturated carbocycles. The third-order valence-corrected chi connectivity index (χ3v) is 5.79. The molecule has 0 radical (unpaired) electrons. The van der Waals surface area contributed by atoms with E-state index in [9.17, 15) is 13.2 Å². The van der Waals surface area contributed by atoms with Gasteiger partial charge in [0.05, 0.1) is 4.90 Å². The van der Waals surface area contributed by atoms with Crippen LogP contribution in [0.5, 0.6) is 11.5 Å². The molecule has 0 spiro atoms. The number of carbonyl (C=O) groups excluding carboxylic acids is 1. The van der Waals surface area contributed by atoms with Crippen molar-refractivity contribution in [3.05, 3.63) is 53.6 Å². The normalized spacial score (nSPS) is 13.5. The summed E-state index contributed by atoms with van der Waals surface area (Å²) < 4.78 is 36.2. The zero-order chi connectivity index (χ0) is 18.7. The molecule has 7 nitrogen and oxygen atoms in total. The number of nitrogens with zero attached hydrogens (tertiary/aromatic N) is 1. The topological polar surface area (TPSA) is 84.9 Å². The van der Waals surface area contributed by atoms with Crippen molar-refractivity contribution in [3.8, 4) is 11.5 Å². The first-order valence-corrected chi connectivity index (χ1v) is 9.51. The van der Waals surface area contributed by atoms with E-state index in [2.05, 4.69) is 5.32 Å². The smallest absolute Gasteiger partial charge is 0.251 e. The van der Waals surface area contributed by atoms with E-state index >= 15 is 0 Å². The molecule has 26 heavy (non-hydrogen) atoms. The minimum Gasteiger partial charge on any atom is -0.486 e. The minimum atomic E-state index is -3.46. The van der Waals surface area contributed by atoms with Gasteiger partial charge in [-0.1, -0.05) is 12.1 Å². The molecule has 1 heterocycles. The van der Waals surface area contributed by atoms with Gasteiger partial charge in [-0.2, -0.15) is 0 Å². The Morgan fingerprint density at radius 3 is 2.35 bits per heavy atom. The molecule has 0 atom stereocenters. The molecule has 0 fully saturated rings. The van der Waals surface area contributed by atoms with E-state index in [-0.39, 0.29) is 17.3 Å². The molecule has 1 N–H and O–H groups in total. The van der Waals surface area contributed by atoms with E-state index in [0.717, 1.165) is 9.87 Å². The molecule has 2 aromatic carbocycles. The lowest BCUT2D eigenvalue weighted by molar-refractivity contribution is 0.0949. The highest BCUT2D eigenvalue weighted by Crippen LogP contribution is 2.30. The Labute approximate surface area is 152 Å². The van der Waals surface area contributed by atoms with Crippen LogP contribution < -0.4 is 14.8 Å². The van der Waals surface area contributed by atoms with Gasteiger partial charge in [0.2, 0.25) is 10.0 Å². The SMILES string of the molecule is CN(C)S(=O)(=O)c1ccc(CNC(=O)c2ccc3c(c2)OCCO3)cc1. The highest BCUT2D eigenvalue weighted by atomic mass is 32.2. The first-order chi connectivity index (χ1) is 12.4. The first kappa shape index (κ1) is 18.2. The Morgan fingerprint density at radius 2 is 1.69 bits per heavy atom. The van der Waals surface area contributed by atoms with E-state index in [1.54, 1.807) is 30.3 Å². The largest absolute Gasteiger partial charge is 0.486 e. The molecule has 0 saturated heterocycles. The molecule has 8 heteroatoms. The van der Waals surface area contributed by atoms with Crippen molar-refractivity contribution in [1.82, 2.24) is 9.62 Å². The van der Waals surface area contributed by atoms with E-state index in [1.807, 2.05) is 0 Å². The monoisotopic (exact) mass is 376 g/mol. The number of hydrogen-bond acceptors (Lipinski definition) is 5. The van der Waals surface area contributed by atoms with Crippen molar-refractivity contribution in [2.75, 3.05) is 27.3 Å². The number of carbonyl (C=O) groups is 1. The fourth-order valence-electron chi connectivity index (χ4n) is 2.46. The Hall–Kier alpha value is -2.58. The Bertz CT molecular complexity index is 908. The van der Waals surface area contributed by atoms with Gasteiger partial charge in [-0.25, -0.2) is 12.7 Å². The van der Waals surface area contributed by atoms with Crippen LogP contribution in [0.25, 0.3) is 0 Å². The highest BCUT2D eigenvalue weighted by Gasteiger charge is 2.17. The number of ether oxygens (including phenoxy) is 2. The lowest BCUT2D eigenvalue weighted by Gasteiger charge is -2.18. The molecule has 2 aromatic rings. The van der Waals surface area contributed by atoms with Crippen molar-refractivity contribution in [2.24, 2.45) is 0 Å². The van der Waals surface area contributed by atoms with Gasteiger partial charge in [0.15, 0.2) is 11.5 Å². The van der Waals surface area contributed by atoms with Crippen LogP contribution in [0.3, 0.4) is 0 Å². The van der Waals surface area contributed by atoms with Crippen LogP contribution in [0.2, 0.25) is 0 Å². The predicted octanol–water partition coefficient (Wildman–Crippen LogP) is 1.64. The quantitative estimate of drug-likeness (QED) is 0.858. The summed E-state index contributed by atoms with van der Waals surface area (Å²) in [6.07, 6.45) is 0. The molecular weight excluding hydrogens is 356 g/mol. The highest BCUT2D eigenvalue weighted by molar-refractivity contribution is 7.89. The summed E-state index contributed by atoms with van der Waals surface area (Å²) in [6.45, 7) is 1.24. The van der Waals surface area contributed by atoms with Gasteiger partial charge >= 0.3 is 0 Å². The van der Waals surface area contributed by atoms with Crippen molar-refractivity contribution < 1.29 is 22.7 Å². The molecule has 0 aromatic heterocycles. The summed E-state index contributed by atoms with van der Waals surface area (Å²) >= 11 is 0. The summed E-state index contributed by atoms with van der Waals surface area (Å²) in [7, 11) is -0.491. The summed E-state index contributed by atoms with van der Waals surface area (Å²) in [4.78, 5) is 12.5. The van der Waals surface area contributed by atoms with Crippen LogP contribution in [-0.4, -0.2) is 45.9 Å². The first-order valence-electron chi connectivity index (χ1n) is 8.07. The number of nitrogens with one attached hydrogen (secondary N) is 1. The maximum atomic E-state index is 12.3. The zero-order valence-electron chi connectivity index (χ0n) is 14.6. The van der Waals surface area contributed by atoms with Crippen LogP contribution in [-0.2, 0) is 16.6 Å². The number of rotatable bonds is 5. The van der Waals surface area contributed by atoms with Crippen LogP contribution in [0.4, 0.5) is 0 Å². The summed E-state index contributed by atoms with van der Waals surface area (Å²) in [6, 6.07) is 11.5. The van der Waals surface area contributed by atoms with Crippen molar-refractivity contribution >= 4 is 15.9 Å². The van der Waals surface area contributed by atoms with E-state index in [0.29, 0.717) is 30.3 Å². The third kappa shape index (κ3) is 3.81. The van der Waals surface area contributed by atoms with E-state index < -0.39 is 10.0 Å². The molecule has 1 aliphatic heterocycles. The fourth-order valence-corrected chi connectivity index (χ4v) is 3.36. The predicted molar refractivity (Wildman–Crippen MR) is 95.9 cm³/mol. The maximum Gasteiger partial charge on any atom is 0.251 e. The zero-order valence-corrected chi connectivity index (χ0v) is 15.4. The third-order valence-electron chi connectivity index (χ3n) is 3.96. The number of benzene rings is 2. The summed E-state index contributed by atoms with van der Waals surface area (Å²) in [5.74, 6) is 0.944. The van der Waals surface area contributed by atoms with Gasteiger partial charge in [-0.15, -0.1) is 0 Å². The van der Waals surface area contributed by atoms with Crippen molar-refractivity contribution in [1.29, 1.82) is 0 Å². The molecule has 0 aliphatic carbocycles. The van der Waals surface area contributed by atoms with Gasteiger partial charge < -0.3 is 14.8 Å². The minimum absolute atomic E-state index is 0.212. The molecular formula is C18H20N2O5S. The molecule has 1 aliphatic rings. The van der Waals surface area contributed by atoms with Crippen molar-refractivity contribution in [2.45, 2.75) is 11.4 Å². The lowest BCUT2D eigenvalue weighted by Crippen LogP contribution is -2.24. The molecule has 0 bridgehead atoms. The lowest BCUT2D eigenvalue weighted by atomic mass is 10.1. The number of fused-ring (bicyclic) bond motifs is 1. The van der Waals surface area contributed by atoms with Crippen LogP contribution >= 0.6 is 0 Å². The maximum absolute atomic E-state index is 12.3. The van der Waals surface area contributed by atoms with Crippen LogP contribution in [0, 0.1) is 0 Å². The second-order valence-corrected chi connectivity index (χ2v) is 8.12. The van der Waals surface area contributed by atoms with Gasteiger partial charge in [-0.3, -0.25) is 4.79 Å². The second kappa shape index (κ2) is 7.35. The number of amides is 1. The van der Waals surface area contributed by atoms with Gasteiger partial charge in [0.25, 0.3) is 5.91 Å². The van der Waals surface area contributed by atoms with Gasteiger partial charge in [-0.05, 0) is 35.9 Å². The average Bonchev–Trinajstić information content (AvgIpc) is 2.66. The molecule has 3 rings (SSSR count). The van der Waals surface area contributed by atoms with E-state index in [4.69, 9.17) is 9.47 Å². The summed E-state index contributed by atoms with van der Waals surface area (Å²) in [5, 5.41) is 2.81. The van der Waals surface area contributed by atoms with E-state index in [1.165, 1.54) is 26.2 Å². The second-order valence-electron chi connectivity index (χ2n) is 5.97. The Kier molecular flexibility index (Phi) is 5.15. The Balaban J connectivity index is 1.65. The Morgan fingerprint density at radius 1 is 1.04 bits per heavy atom. The van der Waals surface area contributed by atoms with Crippen molar-refractivity contribution in [3.63, 3.8) is 0 Å². The van der Waals surface area contributed by atoms with Crippen LogP contribution in [0.1, 0.15) is 15.9 Å². The van der Waals surface area contributed by atoms with Gasteiger partial charge in [0, 0.05) is 26.2 Å². The number of sulfonamides is 1. The fraction of sp³-hybridized carbons (Fsp3) is 0.278.